The number of nitrogens with zero attached hydrogens (tertiary/aromatic N) is 1. The minimum atomic E-state index is -1.02. The summed E-state index contributed by atoms with van der Waals surface area (Å²) in [4.78, 5) is 44.1. The molecule has 3 heterocycles. The first-order chi connectivity index (χ1) is 19.3. The van der Waals surface area contributed by atoms with Gasteiger partial charge in [0.15, 0.2) is 0 Å². The first kappa shape index (κ1) is 31.5. The first-order valence-electron chi connectivity index (χ1n) is 15.5. The molecule has 3 fully saturated rings. The van der Waals surface area contributed by atoms with E-state index in [2.05, 4.69) is 31.4 Å². The van der Waals surface area contributed by atoms with Crippen molar-refractivity contribution >= 4 is 17.7 Å². The number of amides is 3. The molecule has 3 aliphatic heterocycles. The molecule has 5 atom stereocenters. The molecule has 2 unspecified atom stereocenters. The largest absolute Gasteiger partial charge is 0.396 e. The van der Waals surface area contributed by atoms with Gasteiger partial charge in [-0.1, -0.05) is 70.9 Å². The molecule has 1 aromatic rings. The summed E-state index contributed by atoms with van der Waals surface area (Å²) in [6.45, 7) is 13.5. The molecular weight excluding hydrogens is 518 g/mol. The maximum atomic E-state index is 14.3. The summed E-state index contributed by atoms with van der Waals surface area (Å²) in [6.07, 6.45) is 5.77. The van der Waals surface area contributed by atoms with Crippen LogP contribution >= 0.6 is 0 Å². The van der Waals surface area contributed by atoms with Crippen LogP contribution in [0, 0.1) is 17.3 Å². The maximum absolute atomic E-state index is 14.3. The smallest absolute Gasteiger partial charge is 0.246 e. The summed E-state index contributed by atoms with van der Waals surface area (Å²) in [5.41, 5.74) is -1.26. The molecule has 1 spiro atoms. The number of nitrogens with one attached hydrogen (secondary N) is 2. The van der Waals surface area contributed by atoms with Gasteiger partial charge in [0.2, 0.25) is 17.7 Å². The Bertz CT molecular complexity index is 1100. The van der Waals surface area contributed by atoms with Crippen molar-refractivity contribution < 1.29 is 24.2 Å². The van der Waals surface area contributed by atoms with Crippen LogP contribution in [0.1, 0.15) is 98.5 Å². The number of carbonyl (C=O) groups excluding carboxylic acids is 3. The summed E-state index contributed by atoms with van der Waals surface area (Å²) in [6, 6.07) is 8.97. The van der Waals surface area contributed by atoms with Crippen molar-refractivity contribution in [2.75, 3.05) is 13.2 Å². The highest BCUT2D eigenvalue weighted by atomic mass is 16.5. The van der Waals surface area contributed by atoms with Crippen LogP contribution in [0.25, 0.3) is 0 Å². The molecule has 8 heteroatoms. The fraction of sp³-hybridized carbons (Fsp3) is 0.727. The summed E-state index contributed by atoms with van der Waals surface area (Å²) in [7, 11) is 0. The molecule has 3 amide bonds. The van der Waals surface area contributed by atoms with Crippen molar-refractivity contribution in [3.63, 3.8) is 0 Å². The van der Waals surface area contributed by atoms with Crippen molar-refractivity contribution in [3.8, 4) is 0 Å². The molecule has 8 nitrogen and oxygen atoms in total. The second-order valence-corrected chi connectivity index (χ2v) is 14.3. The minimum Gasteiger partial charge on any atom is -0.396 e. The number of hydrogen-bond donors (Lipinski definition) is 3. The Morgan fingerprint density at radius 2 is 1.71 bits per heavy atom. The average Bonchev–Trinajstić information content (AvgIpc) is 3.49. The minimum absolute atomic E-state index is 0.00596. The zero-order valence-corrected chi connectivity index (χ0v) is 25.9. The van der Waals surface area contributed by atoms with Crippen molar-refractivity contribution in [2.45, 2.75) is 122 Å². The molecular formula is C33H51N3O5. The number of aliphatic hydroxyl groups is 1. The van der Waals surface area contributed by atoms with E-state index in [1.54, 1.807) is 4.90 Å². The number of ether oxygens (including phenoxy) is 1. The molecule has 0 saturated carbocycles. The number of rotatable bonds is 13. The van der Waals surface area contributed by atoms with Gasteiger partial charge >= 0.3 is 0 Å². The van der Waals surface area contributed by atoms with E-state index in [-0.39, 0.29) is 29.7 Å². The van der Waals surface area contributed by atoms with Gasteiger partial charge in [-0.05, 0) is 63.4 Å². The Balaban J connectivity index is 1.64. The SMILES string of the molecule is CC[C@@]12CCC3(O1)C(C(=O)NC(C)(C)CC(C)(C)C)N(CCCCCCO)C(=O)[C@@H]3[C@@H]2C(=O)NCc1ccccc1. The lowest BCUT2D eigenvalue weighted by atomic mass is 9.65. The lowest BCUT2D eigenvalue weighted by Crippen LogP contribution is -2.59. The van der Waals surface area contributed by atoms with Crippen LogP contribution in [0.15, 0.2) is 30.3 Å². The second kappa shape index (κ2) is 12.0. The van der Waals surface area contributed by atoms with Gasteiger partial charge in [-0.3, -0.25) is 14.4 Å². The summed E-state index contributed by atoms with van der Waals surface area (Å²) in [5.74, 6) is -1.84. The summed E-state index contributed by atoms with van der Waals surface area (Å²) < 4.78 is 6.88. The molecule has 0 aromatic heterocycles. The lowest BCUT2D eigenvalue weighted by molar-refractivity contribution is -0.148. The normalized spacial score (nSPS) is 29.1. The number of fused-ring (bicyclic) bond motifs is 1. The highest BCUT2D eigenvalue weighted by Gasteiger charge is 2.78. The summed E-state index contributed by atoms with van der Waals surface area (Å²) in [5, 5.41) is 15.5. The van der Waals surface area contributed by atoms with Gasteiger partial charge in [0, 0.05) is 25.2 Å². The van der Waals surface area contributed by atoms with Gasteiger partial charge in [0.25, 0.3) is 0 Å². The highest BCUT2D eigenvalue weighted by Crippen LogP contribution is 2.64. The number of benzene rings is 1. The van der Waals surface area contributed by atoms with Crippen LogP contribution in [-0.4, -0.2) is 63.7 Å². The fourth-order valence-corrected chi connectivity index (χ4v) is 8.07. The average molecular weight is 570 g/mol. The molecule has 4 rings (SSSR count). The van der Waals surface area contributed by atoms with Crippen LogP contribution in [0.3, 0.4) is 0 Å². The fourth-order valence-electron chi connectivity index (χ4n) is 8.07. The van der Waals surface area contributed by atoms with Crippen molar-refractivity contribution in [1.82, 2.24) is 15.5 Å². The van der Waals surface area contributed by atoms with E-state index in [1.165, 1.54) is 0 Å². The zero-order valence-electron chi connectivity index (χ0n) is 25.9. The van der Waals surface area contributed by atoms with Crippen LogP contribution in [-0.2, 0) is 25.7 Å². The van der Waals surface area contributed by atoms with Crippen LogP contribution in [0.2, 0.25) is 0 Å². The standard InChI is InChI=1S/C33H51N3O5/c1-7-32-17-18-33(41-32)25(24(32)27(38)34-21-23-15-11-10-12-16-23)29(40)36(19-13-8-9-14-20-37)26(33)28(39)35-31(5,6)22-30(2,3)4/h10-12,15-16,24-26,37H,7-9,13-14,17-22H2,1-6H3,(H,34,38)(H,35,39)/t24-,25+,26?,32+,33?/m1/s1. The Kier molecular flexibility index (Phi) is 9.25. The van der Waals surface area contributed by atoms with Gasteiger partial charge in [0.1, 0.15) is 11.6 Å². The maximum Gasteiger partial charge on any atom is 0.246 e. The predicted octanol–water partition coefficient (Wildman–Crippen LogP) is 4.34. The molecule has 3 saturated heterocycles. The predicted molar refractivity (Wildman–Crippen MR) is 159 cm³/mol. The van der Waals surface area contributed by atoms with Crippen molar-refractivity contribution in [1.29, 1.82) is 0 Å². The second-order valence-electron chi connectivity index (χ2n) is 14.3. The molecule has 0 aliphatic carbocycles. The van der Waals surface area contributed by atoms with E-state index < -0.39 is 34.6 Å². The third kappa shape index (κ3) is 6.34. The quantitative estimate of drug-likeness (QED) is 0.306. The molecule has 3 N–H and O–H groups in total. The van der Waals surface area contributed by atoms with Crippen LogP contribution in [0.5, 0.6) is 0 Å². The van der Waals surface area contributed by atoms with Gasteiger partial charge < -0.3 is 25.4 Å². The number of aliphatic hydroxyl groups excluding tert-OH is 1. The van der Waals surface area contributed by atoms with Crippen LogP contribution < -0.4 is 10.6 Å². The zero-order chi connectivity index (χ0) is 30.1. The molecule has 2 bridgehead atoms. The van der Waals surface area contributed by atoms with Gasteiger partial charge in [-0.15, -0.1) is 0 Å². The topological polar surface area (TPSA) is 108 Å². The Morgan fingerprint density at radius 3 is 2.34 bits per heavy atom. The molecule has 3 aliphatic rings. The Hall–Kier alpha value is -2.45. The van der Waals surface area contributed by atoms with Crippen LogP contribution in [0.4, 0.5) is 0 Å². The monoisotopic (exact) mass is 569 g/mol. The van der Waals surface area contributed by atoms with E-state index in [0.717, 1.165) is 37.7 Å². The third-order valence-corrected chi connectivity index (χ3v) is 9.26. The van der Waals surface area contributed by atoms with E-state index >= 15 is 0 Å². The highest BCUT2D eigenvalue weighted by molar-refractivity contribution is 5.99. The molecule has 1 aromatic carbocycles. The van der Waals surface area contributed by atoms with Gasteiger partial charge in [-0.2, -0.15) is 0 Å². The van der Waals surface area contributed by atoms with Gasteiger partial charge in [0.05, 0.1) is 17.4 Å². The first-order valence-corrected chi connectivity index (χ1v) is 15.5. The van der Waals surface area contributed by atoms with Crippen molar-refractivity contribution in [2.24, 2.45) is 17.3 Å². The van der Waals surface area contributed by atoms with Gasteiger partial charge in [-0.25, -0.2) is 0 Å². The third-order valence-electron chi connectivity index (χ3n) is 9.26. The van der Waals surface area contributed by atoms with E-state index in [1.807, 2.05) is 51.1 Å². The number of unbranched alkanes of at least 4 members (excludes halogenated alkanes) is 3. The molecule has 228 valence electrons. The number of hydrogen-bond acceptors (Lipinski definition) is 5. The van der Waals surface area contributed by atoms with E-state index in [0.29, 0.717) is 32.4 Å². The van der Waals surface area contributed by atoms with E-state index in [4.69, 9.17) is 4.74 Å². The Labute approximate surface area is 246 Å². The molecule has 0 radical (unpaired) electrons. The number of likely N-dealkylation sites (tertiary alicyclic amines) is 1. The Morgan fingerprint density at radius 1 is 1.02 bits per heavy atom. The van der Waals surface area contributed by atoms with Crippen molar-refractivity contribution in [3.05, 3.63) is 35.9 Å². The molecule has 41 heavy (non-hydrogen) atoms. The summed E-state index contributed by atoms with van der Waals surface area (Å²) >= 11 is 0. The number of carbonyl (C=O) groups is 3. The van der Waals surface area contributed by atoms with E-state index in [9.17, 15) is 19.5 Å². The lowest BCUT2D eigenvalue weighted by Gasteiger charge is -2.38.